The van der Waals surface area contributed by atoms with Gasteiger partial charge in [0.05, 0.1) is 19.4 Å². The number of para-hydroxylation sites is 1. The van der Waals surface area contributed by atoms with Crippen LogP contribution in [0.5, 0.6) is 11.5 Å². The lowest BCUT2D eigenvalue weighted by Crippen LogP contribution is -2.38. The van der Waals surface area contributed by atoms with Crippen LogP contribution in [0, 0.1) is 0 Å². The van der Waals surface area contributed by atoms with E-state index in [1.54, 1.807) is 20.3 Å². The maximum absolute atomic E-state index is 13.3. The van der Waals surface area contributed by atoms with Crippen molar-refractivity contribution < 1.29 is 14.3 Å². The number of carbonyl (C=O) groups is 1. The average Bonchev–Trinajstić information content (AvgIpc) is 3.17. The largest absolute Gasteiger partial charge is 0.457 e. The van der Waals surface area contributed by atoms with Crippen LogP contribution in [0.3, 0.4) is 0 Å². The van der Waals surface area contributed by atoms with E-state index in [9.17, 15) is 9.59 Å². The van der Waals surface area contributed by atoms with Crippen LogP contribution >= 0.6 is 0 Å². The number of aryl methyl sites for hydroxylation is 1. The van der Waals surface area contributed by atoms with Gasteiger partial charge in [-0.25, -0.2) is 19.1 Å². The van der Waals surface area contributed by atoms with Gasteiger partial charge in [0.25, 0.3) is 0 Å². The van der Waals surface area contributed by atoms with E-state index < -0.39 is 11.7 Å². The second-order valence-electron chi connectivity index (χ2n) is 8.67. The van der Waals surface area contributed by atoms with Crippen LogP contribution in [-0.2, 0) is 18.2 Å². The minimum absolute atomic E-state index is 0.384. The number of hydrogen-bond donors (Lipinski definition) is 0. The van der Waals surface area contributed by atoms with Gasteiger partial charge in [0.15, 0.2) is 5.65 Å². The fourth-order valence-electron chi connectivity index (χ4n) is 4.16. The third kappa shape index (κ3) is 4.80. The molecule has 2 aromatic carbocycles. The summed E-state index contributed by atoms with van der Waals surface area (Å²) >= 11 is 0. The van der Waals surface area contributed by atoms with Gasteiger partial charge < -0.3 is 19.3 Å². The van der Waals surface area contributed by atoms with Gasteiger partial charge in [-0.05, 0) is 36.2 Å². The minimum atomic E-state index is -0.450. The van der Waals surface area contributed by atoms with Crippen LogP contribution in [-0.4, -0.2) is 69.9 Å². The number of benzene rings is 2. The molecule has 10 nitrogen and oxygen atoms in total. The number of imidazole rings is 1. The topological polar surface area (TPSA) is 94.7 Å². The predicted molar refractivity (Wildman–Crippen MR) is 136 cm³/mol. The lowest BCUT2D eigenvalue weighted by Gasteiger charge is -2.26. The summed E-state index contributed by atoms with van der Waals surface area (Å²) in [6.45, 7) is 2.99. The Balaban J connectivity index is 1.30. The molecule has 0 radical (unpaired) electrons. The predicted octanol–water partition coefficient (Wildman–Crippen LogP) is 2.90. The highest BCUT2D eigenvalue weighted by molar-refractivity contribution is 5.87. The summed E-state index contributed by atoms with van der Waals surface area (Å²) in [6, 6.07) is 16.9. The highest BCUT2D eigenvalue weighted by atomic mass is 16.5. The maximum Gasteiger partial charge on any atom is 0.338 e. The number of aromatic nitrogens is 4. The molecule has 186 valence electrons. The van der Waals surface area contributed by atoms with Crippen molar-refractivity contribution in [2.45, 2.75) is 6.42 Å². The molecule has 1 amide bonds. The fraction of sp³-hybridized carbons (Fsp3) is 0.308. The summed E-state index contributed by atoms with van der Waals surface area (Å²) in [5.74, 6) is 2.01. The van der Waals surface area contributed by atoms with Crippen LogP contribution in [0.1, 0.15) is 5.56 Å². The van der Waals surface area contributed by atoms with Crippen molar-refractivity contribution >= 4 is 23.1 Å². The Morgan fingerprint density at radius 2 is 1.83 bits per heavy atom. The van der Waals surface area contributed by atoms with E-state index in [1.165, 1.54) is 9.47 Å². The summed E-state index contributed by atoms with van der Waals surface area (Å²) in [5, 5.41) is 0. The number of carbonyl (C=O) groups excluding carboxylic acids is 1. The molecule has 10 heteroatoms. The SMILES string of the molecule is CN(CCc1cccc(Oc2ccccc2)c1)C(=O)n1c(=O)n(C)c2nc(N3CCOCC3)ncc21. The molecule has 0 saturated carbocycles. The Bertz CT molecular complexity index is 1430. The van der Waals surface area contributed by atoms with Crippen molar-refractivity contribution in [2.75, 3.05) is 44.8 Å². The van der Waals surface area contributed by atoms with Crippen molar-refractivity contribution in [2.24, 2.45) is 7.05 Å². The van der Waals surface area contributed by atoms with Crippen LogP contribution in [0.4, 0.5) is 10.7 Å². The molecule has 4 aromatic rings. The number of hydrogen-bond acceptors (Lipinski definition) is 7. The number of morpholine rings is 1. The lowest BCUT2D eigenvalue weighted by molar-refractivity contribution is 0.122. The van der Waals surface area contributed by atoms with Gasteiger partial charge in [0.2, 0.25) is 5.95 Å². The summed E-state index contributed by atoms with van der Waals surface area (Å²) in [7, 11) is 3.30. The Labute approximate surface area is 208 Å². The first-order chi connectivity index (χ1) is 17.5. The minimum Gasteiger partial charge on any atom is -0.457 e. The van der Waals surface area contributed by atoms with Gasteiger partial charge in [-0.2, -0.15) is 4.98 Å². The molecule has 0 N–H and O–H groups in total. The molecule has 0 bridgehead atoms. The van der Waals surface area contributed by atoms with E-state index in [4.69, 9.17) is 9.47 Å². The number of anilines is 1. The number of amides is 1. The second kappa shape index (κ2) is 10.2. The van der Waals surface area contributed by atoms with E-state index in [1.807, 2.05) is 59.5 Å². The van der Waals surface area contributed by atoms with Crippen molar-refractivity contribution in [3.63, 3.8) is 0 Å². The molecule has 0 atom stereocenters. The number of ether oxygens (including phenoxy) is 2. The van der Waals surface area contributed by atoms with Crippen molar-refractivity contribution in [3.8, 4) is 11.5 Å². The van der Waals surface area contributed by atoms with Crippen LogP contribution in [0.15, 0.2) is 65.6 Å². The fourth-order valence-corrected chi connectivity index (χ4v) is 4.16. The van der Waals surface area contributed by atoms with E-state index in [0.717, 1.165) is 21.6 Å². The first-order valence-corrected chi connectivity index (χ1v) is 11.9. The monoisotopic (exact) mass is 488 g/mol. The third-order valence-corrected chi connectivity index (χ3v) is 6.20. The summed E-state index contributed by atoms with van der Waals surface area (Å²) < 4.78 is 13.8. The first-order valence-electron chi connectivity index (χ1n) is 11.9. The summed E-state index contributed by atoms with van der Waals surface area (Å²) in [5.41, 5.74) is 1.37. The van der Waals surface area contributed by atoms with Gasteiger partial charge in [-0.1, -0.05) is 30.3 Å². The van der Waals surface area contributed by atoms with Gasteiger partial charge in [0.1, 0.15) is 17.0 Å². The number of nitrogens with zero attached hydrogens (tertiary/aromatic N) is 6. The van der Waals surface area contributed by atoms with Gasteiger partial charge in [-0.15, -0.1) is 0 Å². The average molecular weight is 489 g/mol. The normalized spacial score (nSPS) is 13.7. The zero-order valence-corrected chi connectivity index (χ0v) is 20.3. The highest BCUT2D eigenvalue weighted by Crippen LogP contribution is 2.22. The van der Waals surface area contributed by atoms with Crippen LogP contribution in [0.2, 0.25) is 0 Å². The van der Waals surface area contributed by atoms with E-state index in [2.05, 4.69) is 9.97 Å². The Morgan fingerprint density at radius 3 is 2.61 bits per heavy atom. The molecular formula is C26H28N6O4. The van der Waals surface area contributed by atoms with Crippen LogP contribution in [0.25, 0.3) is 11.2 Å². The van der Waals surface area contributed by atoms with Crippen molar-refractivity contribution in [1.29, 1.82) is 0 Å². The van der Waals surface area contributed by atoms with Gasteiger partial charge >= 0.3 is 11.7 Å². The molecule has 3 heterocycles. The maximum atomic E-state index is 13.3. The summed E-state index contributed by atoms with van der Waals surface area (Å²) in [6.07, 6.45) is 2.15. The Kier molecular flexibility index (Phi) is 6.68. The molecule has 36 heavy (non-hydrogen) atoms. The molecule has 1 saturated heterocycles. The van der Waals surface area contributed by atoms with E-state index in [0.29, 0.717) is 56.4 Å². The molecule has 1 aliphatic rings. The molecule has 1 aliphatic heterocycles. The molecule has 2 aromatic heterocycles. The molecular weight excluding hydrogens is 460 g/mol. The second-order valence-corrected chi connectivity index (χ2v) is 8.67. The third-order valence-electron chi connectivity index (χ3n) is 6.20. The molecule has 0 aliphatic carbocycles. The number of likely N-dealkylation sites (N-methyl/N-ethyl adjacent to an activating group) is 1. The molecule has 0 unspecified atom stereocenters. The Hall–Kier alpha value is -4.18. The van der Waals surface area contributed by atoms with Crippen molar-refractivity contribution in [3.05, 3.63) is 76.8 Å². The smallest absolute Gasteiger partial charge is 0.338 e. The Morgan fingerprint density at radius 1 is 1.08 bits per heavy atom. The van der Waals surface area contributed by atoms with Crippen molar-refractivity contribution in [1.82, 2.24) is 24.0 Å². The molecule has 0 spiro atoms. The molecule has 5 rings (SSSR count). The molecule has 1 fully saturated rings. The zero-order valence-electron chi connectivity index (χ0n) is 20.3. The van der Waals surface area contributed by atoms with E-state index >= 15 is 0 Å². The summed E-state index contributed by atoms with van der Waals surface area (Å²) in [4.78, 5) is 38.8. The lowest BCUT2D eigenvalue weighted by atomic mass is 10.1. The first kappa shape index (κ1) is 23.6. The number of fused-ring (bicyclic) bond motifs is 1. The van der Waals surface area contributed by atoms with E-state index in [-0.39, 0.29) is 0 Å². The van der Waals surface area contributed by atoms with Crippen LogP contribution < -0.4 is 15.3 Å². The van der Waals surface area contributed by atoms with Gasteiger partial charge in [0, 0.05) is 33.7 Å². The quantitative estimate of drug-likeness (QED) is 0.412. The number of rotatable bonds is 6. The zero-order chi connectivity index (χ0) is 25.1. The van der Waals surface area contributed by atoms with Gasteiger partial charge in [-0.3, -0.25) is 4.57 Å². The highest BCUT2D eigenvalue weighted by Gasteiger charge is 2.23. The standard InChI is InChI=1S/C26H28N6O4/c1-29(12-11-19-7-6-10-21(17-19)36-20-8-4-3-5-9-20)25(33)32-22-18-27-24(31-13-15-35-16-14-31)28-23(22)30(2)26(32)34/h3-10,17-18H,11-16H2,1-2H3.